The Morgan fingerprint density at radius 3 is 3.07 bits per heavy atom. The molecule has 1 rings (SSSR count). The van der Waals surface area contributed by atoms with Gasteiger partial charge in [-0.2, -0.15) is 4.79 Å². The van der Waals surface area contributed by atoms with Gasteiger partial charge in [0.2, 0.25) is 0 Å². The highest BCUT2D eigenvalue weighted by Crippen LogP contribution is 2.00. The van der Waals surface area contributed by atoms with Gasteiger partial charge < -0.3 is 5.73 Å². The Morgan fingerprint density at radius 2 is 2.43 bits per heavy atom. The lowest BCUT2D eigenvalue weighted by Gasteiger charge is -1.97. The number of primary amides is 1. The topological polar surface area (TPSA) is 85.8 Å². The molecule has 0 saturated heterocycles. The summed E-state index contributed by atoms with van der Waals surface area (Å²) < 4.78 is 0. The van der Waals surface area contributed by atoms with Crippen LogP contribution in [0.1, 0.15) is 32.0 Å². The summed E-state index contributed by atoms with van der Waals surface area (Å²) in [5.41, 5.74) is 7.21. The summed E-state index contributed by atoms with van der Waals surface area (Å²) in [7, 11) is 0. The summed E-state index contributed by atoms with van der Waals surface area (Å²) in [6, 6.07) is -0.644. The van der Waals surface area contributed by atoms with E-state index >= 15 is 0 Å². The maximum Gasteiger partial charge on any atom is 0.332 e. The first kappa shape index (κ1) is 10.5. The van der Waals surface area contributed by atoms with E-state index in [1.54, 1.807) is 0 Å². The Bertz CT molecular complexity index is 296. The minimum atomic E-state index is -0.644. The van der Waals surface area contributed by atoms with Gasteiger partial charge in [-0.05, 0) is 6.42 Å². The summed E-state index contributed by atoms with van der Waals surface area (Å²) in [5, 5.41) is 4.02. The summed E-state index contributed by atoms with van der Waals surface area (Å²) in [6.45, 7) is 2.14. The predicted octanol–water partition coefficient (Wildman–Crippen LogP) is 0.633. The third kappa shape index (κ3) is 3.42. The molecule has 1 heterocycles. The van der Waals surface area contributed by atoms with Crippen molar-refractivity contribution < 1.29 is 4.79 Å². The highest BCUT2D eigenvalue weighted by atomic mass is 16.2. The van der Waals surface area contributed by atoms with Crippen LogP contribution in [-0.2, 0) is 6.42 Å². The molecule has 6 nitrogen and oxygen atoms in total. The van der Waals surface area contributed by atoms with E-state index in [0.29, 0.717) is 0 Å². The van der Waals surface area contributed by atoms with E-state index in [0.717, 1.165) is 25.1 Å². The van der Waals surface area contributed by atoms with Crippen molar-refractivity contribution in [1.29, 1.82) is 0 Å². The molecule has 0 unspecified atom stereocenters. The molecule has 0 aliphatic carbocycles. The number of carbonyl (C=O) groups is 1. The number of aromatic nitrogens is 3. The molecule has 2 amide bonds. The second-order valence-electron chi connectivity index (χ2n) is 3.04. The highest BCUT2D eigenvalue weighted by Gasteiger charge is 2.01. The Hall–Kier alpha value is -1.59. The second kappa shape index (κ2) is 5.21. The van der Waals surface area contributed by atoms with Crippen molar-refractivity contribution in [3.8, 4) is 0 Å². The maximum atomic E-state index is 10.5. The maximum absolute atomic E-state index is 10.5. The molecule has 3 N–H and O–H groups in total. The van der Waals surface area contributed by atoms with Crippen molar-refractivity contribution in [3.05, 3.63) is 12.2 Å². The van der Waals surface area contributed by atoms with Gasteiger partial charge in [-0.25, -0.2) is 15.2 Å². The molecule has 0 saturated carbocycles. The first-order chi connectivity index (χ1) is 6.72. The number of aryl methyl sites for hydroxylation is 1. The molecule has 6 heteroatoms. The zero-order valence-electron chi connectivity index (χ0n) is 8.23. The fourth-order valence-corrected chi connectivity index (χ4v) is 1.11. The van der Waals surface area contributed by atoms with E-state index in [1.165, 1.54) is 17.5 Å². The Morgan fingerprint density at radius 1 is 1.64 bits per heavy atom. The zero-order chi connectivity index (χ0) is 10.4. The van der Waals surface area contributed by atoms with E-state index in [4.69, 9.17) is 5.73 Å². The van der Waals surface area contributed by atoms with Crippen LogP contribution in [-0.4, -0.2) is 20.9 Å². The number of amides is 2. The van der Waals surface area contributed by atoms with E-state index in [2.05, 4.69) is 22.4 Å². The summed E-state index contributed by atoms with van der Waals surface area (Å²) in [6.07, 6.45) is 5.67. The molecule has 0 radical (unpaired) electrons. The minimum Gasteiger partial charge on any atom is -0.350 e. The van der Waals surface area contributed by atoms with E-state index in [1.807, 2.05) is 0 Å². The first-order valence-electron chi connectivity index (χ1n) is 4.69. The van der Waals surface area contributed by atoms with Crippen LogP contribution in [0.15, 0.2) is 6.33 Å². The number of unbranched alkanes of at least 4 members (excludes halogenated alkanes) is 2. The fraction of sp³-hybridized carbons (Fsp3) is 0.625. The van der Waals surface area contributed by atoms with Crippen LogP contribution in [0, 0.1) is 0 Å². The molecule has 0 fully saturated rings. The van der Waals surface area contributed by atoms with Gasteiger partial charge in [0.15, 0.2) is 5.82 Å². The van der Waals surface area contributed by atoms with Crippen LogP contribution in [0.4, 0.5) is 4.79 Å². The number of hydrogen-bond donors (Lipinski definition) is 2. The van der Waals surface area contributed by atoms with Crippen LogP contribution in [0.3, 0.4) is 0 Å². The van der Waals surface area contributed by atoms with Gasteiger partial charge >= 0.3 is 6.03 Å². The molecule has 14 heavy (non-hydrogen) atoms. The van der Waals surface area contributed by atoms with Crippen LogP contribution < -0.4 is 11.2 Å². The molecule has 0 atom stereocenters. The number of nitrogens with zero attached hydrogens (tertiary/aromatic N) is 3. The number of carbonyl (C=O) groups excluding carboxylic acids is 1. The highest BCUT2D eigenvalue weighted by molar-refractivity contribution is 5.79. The van der Waals surface area contributed by atoms with Crippen LogP contribution in [0.2, 0.25) is 0 Å². The minimum absolute atomic E-state index is 0.644. The Kier molecular flexibility index (Phi) is 3.90. The van der Waals surface area contributed by atoms with Crippen molar-refractivity contribution in [1.82, 2.24) is 14.9 Å². The predicted molar refractivity (Wildman–Crippen MR) is 52.2 cm³/mol. The number of rotatable bonds is 5. The van der Waals surface area contributed by atoms with Crippen molar-refractivity contribution >= 4 is 6.03 Å². The zero-order valence-corrected chi connectivity index (χ0v) is 8.23. The van der Waals surface area contributed by atoms with Gasteiger partial charge in [0.25, 0.3) is 0 Å². The van der Waals surface area contributed by atoms with E-state index in [-0.39, 0.29) is 0 Å². The number of nitrogens with two attached hydrogens (primary N) is 1. The molecule has 0 aliphatic heterocycles. The second-order valence-corrected chi connectivity index (χ2v) is 3.04. The molecule has 0 spiro atoms. The van der Waals surface area contributed by atoms with Crippen molar-refractivity contribution in [2.45, 2.75) is 32.6 Å². The van der Waals surface area contributed by atoms with E-state index < -0.39 is 6.03 Å². The molecule has 0 aromatic carbocycles. The van der Waals surface area contributed by atoms with Gasteiger partial charge in [-0.3, -0.25) is 0 Å². The van der Waals surface area contributed by atoms with Gasteiger partial charge in [-0.15, -0.1) is 5.10 Å². The summed E-state index contributed by atoms with van der Waals surface area (Å²) >= 11 is 0. The normalized spacial score (nSPS) is 10.1. The van der Waals surface area contributed by atoms with Crippen LogP contribution in [0.5, 0.6) is 0 Å². The lowest BCUT2D eigenvalue weighted by molar-refractivity contribution is 0.256. The number of nitrogens with one attached hydrogen (secondary N) is 1. The monoisotopic (exact) mass is 197 g/mol. The largest absolute Gasteiger partial charge is 0.350 e. The van der Waals surface area contributed by atoms with Crippen LogP contribution in [0.25, 0.3) is 0 Å². The SMILES string of the molecule is CCCCCc1ncn(NC(N)=O)n1. The van der Waals surface area contributed by atoms with Gasteiger partial charge in [-0.1, -0.05) is 19.8 Å². The van der Waals surface area contributed by atoms with Crippen LogP contribution >= 0.6 is 0 Å². The molecule has 0 bridgehead atoms. The van der Waals surface area contributed by atoms with Crippen molar-refractivity contribution in [3.63, 3.8) is 0 Å². The lowest BCUT2D eigenvalue weighted by Crippen LogP contribution is -2.28. The third-order valence-corrected chi connectivity index (χ3v) is 1.77. The average Bonchev–Trinajstić information content (AvgIpc) is 2.52. The molecule has 1 aromatic rings. The van der Waals surface area contributed by atoms with Gasteiger partial charge in [0, 0.05) is 6.42 Å². The third-order valence-electron chi connectivity index (χ3n) is 1.77. The number of hydrogen-bond acceptors (Lipinski definition) is 3. The average molecular weight is 197 g/mol. The smallest absolute Gasteiger partial charge is 0.332 e. The Balaban J connectivity index is 2.38. The molecule has 1 aromatic heterocycles. The Labute approximate surface area is 82.5 Å². The van der Waals surface area contributed by atoms with Gasteiger partial charge in [0.05, 0.1) is 0 Å². The molecule has 78 valence electrons. The first-order valence-corrected chi connectivity index (χ1v) is 4.69. The standard InChI is InChI=1S/C8H15N5O/c1-2-3-4-5-7-10-6-13(11-7)12-8(9)14/h6H,2-5H2,1H3,(H3,9,12,14). The molecular formula is C8H15N5O. The van der Waals surface area contributed by atoms with Crippen molar-refractivity contribution in [2.75, 3.05) is 5.43 Å². The fourth-order valence-electron chi connectivity index (χ4n) is 1.11. The lowest BCUT2D eigenvalue weighted by atomic mass is 10.2. The molecule has 0 aliphatic rings. The van der Waals surface area contributed by atoms with Crippen molar-refractivity contribution in [2.24, 2.45) is 5.73 Å². The van der Waals surface area contributed by atoms with E-state index in [9.17, 15) is 4.79 Å². The van der Waals surface area contributed by atoms with Gasteiger partial charge in [0.1, 0.15) is 6.33 Å². The molecular weight excluding hydrogens is 182 g/mol. The summed E-state index contributed by atoms with van der Waals surface area (Å²) in [4.78, 5) is 15.7. The number of urea groups is 1. The quantitative estimate of drug-likeness (QED) is 0.679. The summed E-state index contributed by atoms with van der Waals surface area (Å²) in [5.74, 6) is 0.729.